The van der Waals surface area contributed by atoms with Gasteiger partial charge in [-0.2, -0.15) is 0 Å². The number of anilines is 1. The van der Waals surface area contributed by atoms with Crippen molar-refractivity contribution in [2.75, 3.05) is 24.7 Å². The molecule has 0 N–H and O–H groups in total. The van der Waals surface area contributed by atoms with Crippen LogP contribution in [-0.4, -0.2) is 52.4 Å². The van der Waals surface area contributed by atoms with Crippen molar-refractivity contribution < 1.29 is 9.59 Å². The first-order chi connectivity index (χ1) is 14.3. The molecule has 0 aliphatic carbocycles. The molecule has 160 valence electrons. The highest BCUT2D eigenvalue weighted by atomic mass is 16.2. The summed E-state index contributed by atoms with van der Waals surface area (Å²) in [6.45, 7) is 9.77. The van der Waals surface area contributed by atoms with Crippen LogP contribution in [-0.2, 0) is 16.1 Å². The van der Waals surface area contributed by atoms with Gasteiger partial charge in [-0.25, -0.2) is 0 Å². The van der Waals surface area contributed by atoms with Crippen molar-refractivity contribution in [2.45, 2.75) is 53.1 Å². The Morgan fingerprint density at radius 1 is 1.03 bits per heavy atom. The van der Waals surface area contributed by atoms with Crippen LogP contribution in [0, 0.1) is 13.8 Å². The molecular weight excluding hydrogens is 376 g/mol. The lowest BCUT2D eigenvalue weighted by atomic mass is 10.1. The number of aryl methyl sites for hydroxylation is 2. The molecule has 0 saturated carbocycles. The van der Waals surface area contributed by atoms with Gasteiger partial charge in [-0.3, -0.25) is 14.6 Å². The number of hydrogen-bond donors (Lipinski definition) is 0. The molecule has 1 aromatic carbocycles. The predicted octanol–water partition coefficient (Wildman–Crippen LogP) is 3.52. The number of aromatic nitrogens is 1. The summed E-state index contributed by atoms with van der Waals surface area (Å²) in [5, 5.41) is 0. The molecule has 1 saturated heterocycles. The van der Waals surface area contributed by atoms with Gasteiger partial charge in [0.25, 0.3) is 0 Å². The van der Waals surface area contributed by atoms with Gasteiger partial charge in [-0.1, -0.05) is 29.8 Å². The van der Waals surface area contributed by atoms with E-state index < -0.39 is 0 Å². The highest BCUT2D eigenvalue weighted by molar-refractivity contribution is 5.85. The Morgan fingerprint density at radius 2 is 1.77 bits per heavy atom. The molecule has 0 unspecified atom stereocenters. The second-order valence-electron chi connectivity index (χ2n) is 8.36. The maximum absolute atomic E-state index is 13.3. The maximum Gasteiger partial charge on any atom is 0.243 e. The fraction of sp³-hybridized carbons (Fsp3) is 0.458. The summed E-state index contributed by atoms with van der Waals surface area (Å²) in [4.78, 5) is 36.1. The first kappa shape index (κ1) is 21.8. The molecule has 1 aliphatic heterocycles. The molecule has 2 aromatic rings. The van der Waals surface area contributed by atoms with Crippen LogP contribution in [0.15, 0.2) is 42.6 Å². The molecule has 1 aliphatic rings. The van der Waals surface area contributed by atoms with Gasteiger partial charge in [0.2, 0.25) is 11.8 Å². The van der Waals surface area contributed by atoms with E-state index in [1.807, 2.05) is 37.8 Å². The minimum Gasteiger partial charge on any atom is -0.354 e. The molecule has 1 aromatic heterocycles. The Labute approximate surface area is 179 Å². The Bertz CT molecular complexity index is 879. The van der Waals surface area contributed by atoms with Crippen LogP contribution in [0.3, 0.4) is 0 Å². The average molecular weight is 409 g/mol. The van der Waals surface area contributed by atoms with Gasteiger partial charge in [-0.15, -0.1) is 0 Å². The quantitative estimate of drug-likeness (QED) is 0.777. The van der Waals surface area contributed by atoms with E-state index in [0.717, 1.165) is 23.4 Å². The van der Waals surface area contributed by atoms with Gasteiger partial charge in [0.1, 0.15) is 6.54 Å². The predicted molar refractivity (Wildman–Crippen MR) is 119 cm³/mol. The van der Waals surface area contributed by atoms with Gasteiger partial charge < -0.3 is 14.7 Å². The lowest BCUT2D eigenvalue weighted by Crippen LogP contribution is -2.50. The van der Waals surface area contributed by atoms with Gasteiger partial charge in [0.15, 0.2) is 0 Å². The van der Waals surface area contributed by atoms with Crippen molar-refractivity contribution in [2.24, 2.45) is 0 Å². The minimum atomic E-state index is -0.0321. The smallest absolute Gasteiger partial charge is 0.243 e. The van der Waals surface area contributed by atoms with E-state index in [-0.39, 0.29) is 24.4 Å². The maximum atomic E-state index is 13.3. The number of carbonyl (C=O) groups is 2. The van der Waals surface area contributed by atoms with E-state index in [9.17, 15) is 9.59 Å². The Morgan fingerprint density at radius 3 is 2.43 bits per heavy atom. The second-order valence-corrected chi connectivity index (χ2v) is 8.36. The second kappa shape index (κ2) is 9.74. The summed E-state index contributed by atoms with van der Waals surface area (Å²) in [5.74, 6) is 0.0108. The van der Waals surface area contributed by atoms with E-state index in [2.05, 4.69) is 41.1 Å². The summed E-state index contributed by atoms with van der Waals surface area (Å²) in [6, 6.07) is 12.3. The zero-order chi connectivity index (χ0) is 21.7. The molecule has 6 nitrogen and oxygen atoms in total. The van der Waals surface area contributed by atoms with E-state index in [4.69, 9.17) is 0 Å². The Hall–Kier alpha value is -2.89. The van der Waals surface area contributed by atoms with E-state index >= 15 is 0 Å². The summed E-state index contributed by atoms with van der Waals surface area (Å²) >= 11 is 0. The molecular formula is C24H32N4O2. The first-order valence-corrected chi connectivity index (χ1v) is 10.6. The van der Waals surface area contributed by atoms with Crippen LogP contribution in [0.5, 0.6) is 0 Å². The normalized spacial score (nSPS) is 16.4. The molecule has 1 fully saturated rings. The molecule has 2 amide bonds. The van der Waals surface area contributed by atoms with Crippen LogP contribution >= 0.6 is 0 Å². The molecule has 0 atom stereocenters. The number of pyridine rings is 1. The van der Waals surface area contributed by atoms with Gasteiger partial charge in [-0.05, 0) is 51.8 Å². The van der Waals surface area contributed by atoms with E-state index in [1.54, 1.807) is 11.1 Å². The third kappa shape index (κ3) is 5.59. The zero-order valence-electron chi connectivity index (χ0n) is 18.5. The number of rotatable bonds is 4. The van der Waals surface area contributed by atoms with Gasteiger partial charge >= 0.3 is 0 Å². The number of amides is 2. The molecule has 30 heavy (non-hydrogen) atoms. The van der Waals surface area contributed by atoms with E-state index in [0.29, 0.717) is 26.2 Å². The highest BCUT2D eigenvalue weighted by Crippen LogP contribution is 2.19. The molecule has 0 bridgehead atoms. The topological polar surface area (TPSA) is 56.8 Å². The number of benzene rings is 1. The minimum absolute atomic E-state index is 0.000974. The van der Waals surface area contributed by atoms with Crippen LogP contribution in [0.2, 0.25) is 0 Å². The number of nitrogens with zero attached hydrogens (tertiary/aromatic N) is 4. The fourth-order valence-corrected chi connectivity index (χ4v) is 3.71. The van der Waals surface area contributed by atoms with Crippen molar-refractivity contribution in [3.8, 4) is 0 Å². The van der Waals surface area contributed by atoms with Crippen LogP contribution < -0.4 is 4.90 Å². The van der Waals surface area contributed by atoms with Crippen molar-refractivity contribution >= 4 is 17.5 Å². The van der Waals surface area contributed by atoms with Crippen molar-refractivity contribution in [3.05, 3.63) is 59.4 Å². The number of carbonyl (C=O) groups excluding carboxylic acids is 2. The summed E-state index contributed by atoms with van der Waals surface area (Å²) in [5.41, 5.74) is 4.23. The molecule has 0 spiro atoms. The molecule has 0 radical (unpaired) electrons. The summed E-state index contributed by atoms with van der Waals surface area (Å²) in [6.07, 6.45) is 2.99. The number of hydrogen-bond acceptors (Lipinski definition) is 4. The lowest BCUT2D eigenvalue weighted by Gasteiger charge is -2.36. The van der Waals surface area contributed by atoms with Crippen molar-refractivity contribution in [1.29, 1.82) is 0 Å². The van der Waals surface area contributed by atoms with Crippen molar-refractivity contribution in [1.82, 2.24) is 14.8 Å². The third-order valence-corrected chi connectivity index (χ3v) is 5.50. The van der Waals surface area contributed by atoms with E-state index in [1.165, 1.54) is 5.56 Å². The fourth-order valence-electron chi connectivity index (χ4n) is 3.71. The molecule has 3 rings (SSSR count). The standard InChI is InChI=1S/C24H32N4O2/c1-18(2)28-16-24(30)27(15-21-9-7-19(3)8-10-21)17-26(13-5-6-23(28)29)22-11-12-25-20(4)14-22/h7-12,14,18H,5-6,13,15-17H2,1-4H3. The Kier molecular flexibility index (Phi) is 7.08. The SMILES string of the molecule is Cc1ccc(CN2CN(c3ccnc(C)c3)CCCC(=O)N(C(C)C)CC2=O)cc1. The molecule has 2 heterocycles. The highest BCUT2D eigenvalue weighted by Gasteiger charge is 2.26. The van der Waals surface area contributed by atoms with Gasteiger partial charge in [0.05, 0.1) is 6.67 Å². The molecule has 6 heteroatoms. The summed E-state index contributed by atoms with van der Waals surface area (Å²) < 4.78 is 0. The van der Waals surface area contributed by atoms with Crippen molar-refractivity contribution in [3.63, 3.8) is 0 Å². The van der Waals surface area contributed by atoms with Crippen LogP contribution in [0.1, 0.15) is 43.5 Å². The first-order valence-electron chi connectivity index (χ1n) is 10.6. The van der Waals surface area contributed by atoms with Gasteiger partial charge in [0, 0.05) is 43.1 Å². The summed E-state index contributed by atoms with van der Waals surface area (Å²) in [7, 11) is 0. The lowest BCUT2D eigenvalue weighted by molar-refractivity contribution is -0.142. The average Bonchev–Trinajstić information content (AvgIpc) is 2.71. The monoisotopic (exact) mass is 408 g/mol. The largest absolute Gasteiger partial charge is 0.354 e. The van der Waals surface area contributed by atoms with Crippen LogP contribution in [0.4, 0.5) is 5.69 Å². The zero-order valence-corrected chi connectivity index (χ0v) is 18.5. The Balaban J connectivity index is 1.90. The van der Waals surface area contributed by atoms with Crippen LogP contribution in [0.25, 0.3) is 0 Å². The third-order valence-electron chi connectivity index (χ3n) is 5.50.